The van der Waals surface area contributed by atoms with E-state index in [1.165, 1.54) is 11.3 Å². The van der Waals surface area contributed by atoms with E-state index in [1.807, 2.05) is 30.3 Å². The first kappa shape index (κ1) is 21.4. The summed E-state index contributed by atoms with van der Waals surface area (Å²) in [6.07, 6.45) is 0.720. The summed E-state index contributed by atoms with van der Waals surface area (Å²) in [4.78, 5) is 14.3. The number of nitrogens with zero attached hydrogens (tertiary/aromatic N) is 1. The quantitative estimate of drug-likeness (QED) is 0.658. The number of likely N-dealkylation sites (N-methyl/N-ethyl adjacent to an activating group) is 1. The van der Waals surface area contributed by atoms with Crippen LogP contribution >= 0.6 is 0 Å². The molecule has 6 nitrogen and oxygen atoms in total. The molecule has 0 bridgehead atoms. The first-order valence-corrected chi connectivity index (χ1v) is 9.62. The molecule has 2 aromatic rings. The van der Waals surface area contributed by atoms with Gasteiger partial charge in [-0.15, -0.1) is 0 Å². The number of hydrogen-bond acceptors (Lipinski definition) is 4. The fraction of sp³-hybridized carbons (Fsp3) is 0.409. The zero-order valence-electron chi connectivity index (χ0n) is 17.2. The van der Waals surface area contributed by atoms with Crippen molar-refractivity contribution in [3.8, 4) is 11.5 Å². The van der Waals surface area contributed by atoms with E-state index in [1.54, 1.807) is 14.2 Å². The Balaban J connectivity index is 1.73. The van der Waals surface area contributed by atoms with Gasteiger partial charge in [0.1, 0.15) is 0 Å². The Labute approximate surface area is 167 Å². The van der Waals surface area contributed by atoms with Gasteiger partial charge in [0.25, 0.3) is 0 Å². The Bertz CT molecular complexity index is 764. The first-order valence-electron chi connectivity index (χ1n) is 9.62. The molecule has 2 rings (SSSR count). The summed E-state index contributed by atoms with van der Waals surface area (Å²) >= 11 is 0. The lowest BCUT2D eigenvalue weighted by atomic mass is 10.1. The summed E-state index contributed by atoms with van der Waals surface area (Å²) in [6, 6.07) is 13.9. The highest BCUT2D eigenvalue weighted by atomic mass is 16.5. The average molecular weight is 386 g/mol. The number of carbonyl (C=O) groups is 1. The van der Waals surface area contributed by atoms with Crippen LogP contribution in [-0.4, -0.2) is 46.4 Å². The van der Waals surface area contributed by atoms with Gasteiger partial charge in [0.05, 0.1) is 14.2 Å². The van der Waals surface area contributed by atoms with Crippen LogP contribution in [0.2, 0.25) is 0 Å². The van der Waals surface area contributed by atoms with Crippen LogP contribution in [0.3, 0.4) is 0 Å². The third kappa shape index (κ3) is 6.08. The Morgan fingerprint density at radius 2 is 1.71 bits per heavy atom. The third-order valence-corrected chi connectivity index (χ3v) is 4.65. The summed E-state index contributed by atoms with van der Waals surface area (Å²) < 4.78 is 10.5. The molecule has 0 unspecified atom stereocenters. The average Bonchev–Trinajstić information content (AvgIpc) is 2.72. The van der Waals surface area contributed by atoms with Crippen molar-refractivity contribution in [3.05, 3.63) is 53.6 Å². The largest absolute Gasteiger partial charge is 0.493 e. The second kappa shape index (κ2) is 11.1. The molecule has 0 aliphatic carbocycles. The predicted octanol–water partition coefficient (Wildman–Crippen LogP) is 3.38. The van der Waals surface area contributed by atoms with Gasteiger partial charge < -0.3 is 25.0 Å². The number of rotatable bonds is 10. The lowest BCUT2D eigenvalue weighted by molar-refractivity contribution is 0.241. The number of anilines is 1. The van der Waals surface area contributed by atoms with Crippen molar-refractivity contribution in [1.29, 1.82) is 0 Å². The highest BCUT2D eigenvalue weighted by Gasteiger charge is 2.08. The molecular weight excluding hydrogens is 354 g/mol. The fourth-order valence-corrected chi connectivity index (χ4v) is 3.09. The molecule has 0 aliphatic rings. The van der Waals surface area contributed by atoms with Crippen LogP contribution in [0.1, 0.15) is 18.1 Å². The highest BCUT2D eigenvalue weighted by Crippen LogP contribution is 2.27. The van der Waals surface area contributed by atoms with Crippen molar-refractivity contribution in [1.82, 2.24) is 10.6 Å². The molecule has 0 saturated heterocycles. The number of para-hydroxylation sites is 1. The second-order valence-electron chi connectivity index (χ2n) is 6.49. The van der Waals surface area contributed by atoms with E-state index < -0.39 is 0 Å². The molecule has 0 saturated carbocycles. The van der Waals surface area contributed by atoms with Crippen LogP contribution in [0.5, 0.6) is 11.5 Å². The molecule has 2 N–H and O–H groups in total. The zero-order chi connectivity index (χ0) is 20.4. The van der Waals surface area contributed by atoms with Crippen molar-refractivity contribution in [2.75, 3.05) is 45.3 Å². The summed E-state index contributed by atoms with van der Waals surface area (Å²) in [7, 11) is 3.23. The fourth-order valence-electron chi connectivity index (χ4n) is 3.09. The maximum absolute atomic E-state index is 12.0. The van der Waals surface area contributed by atoms with E-state index >= 15 is 0 Å². The molecule has 0 spiro atoms. The van der Waals surface area contributed by atoms with Gasteiger partial charge in [-0.25, -0.2) is 4.79 Å². The number of benzene rings is 2. The standard InChI is InChI=1S/C22H31N3O3/c1-5-25(19-9-7-6-8-17(19)2)15-14-24-22(26)23-13-12-18-10-11-20(27-3)21(16-18)28-4/h6-11,16H,5,12-15H2,1-4H3,(H2,23,24,26). The number of urea groups is 1. The van der Waals surface area contributed by atoms with E-state index in [2.05, 4.69) is 41.5 Å². The van der Waals surface area contributed by atoms with Crippen molar-refractivity contribution >= 4 is 11.7 Å². The Morgan fingerprint density at radius 1 is 1.00 bits per heavy atom. The number of nitrogens with one attached hydrogen (secondary N) is 2. The molecule has 0 fully saturated rings. The summed E-state index contributed by atoms with van der Waals surface area (Å²) in [5, 5.41) is 5.83. The van der Waals surface area contributed by atoms with Crippen LogP contribution in [0, 0.1) is 6.92 Å². The number of amides is 2. The summed E-state index contributed by atoms with van der Waals surface area (Å²) in [5.41, 5.74) is 3.53. The van der Waals surface area contributed by atoms with Crippen LogP contribution in [0.15, 0.2) is 42.5 Å². The smallest absolute Gasteiger partial charge is 0.314 e. The van der Waals surface area contributed by atoms with Gasteiger partial charge in [-0.05, 0) is 49.6 Å². The molecule has 0 aliphatic heterocycles. The van der Waals surface area contributed by atoms with E-state index in [-0.39, 0.29) is 6.03 Å². The number of aryl methyl sites for hydroxylation is 1. The molecule has 152 valence electrons. The van der Waals surface area contributed by atoms with Gasteiger partial charge in [0, 0.05) is 31.9 Å². The minimum atomic E-state index is -0.152. The third-order valence-electron chi connectivity index (χ3n) is 4.65. The Kier molecular flexibility index (Phi) is 8.46. The van der Waals surface area contributed by atoms with E-state index in [9.17, 15) is 4.79 Å². The van der Waals surface area contributed by atoms with Crippen molar-refractivity contribution < 1.29 is 14.3 Å². The minimum absolute atomic E-state index is 0.152. The molecule has 0 radical (unpaired) electrons. The van der Waals surface area contributed by atoms with Gasteiger partial charge in [-0.1, -0.05) is 24.3 Å². The van der Waals surface area contributed by atoms with Crippen LogP contribution < -0.4 is 25.0 Å². The number of methoxy groups -OCH3 is 2. The summed E-state index contributed by atoms with van der Waals surface area (Å²) in [6.45, 7) is 7.03. The second-order valence-corrected chi connectivity index (χ2v) is 6.49. The van der Waals surface area contributed by atoms with Crippen molar-refractivity contribution in [2.24, 2.45) is 0 Å². The molecule has 0 heterocycles. The van der Waals surface area contributed by atoms with Crippen molar-refractivity contribution in [2.45, 2.75) is 20.3 Å². The number of ether oxygens (including phenoxy) is 2. The van der Waals surface area contributed by atoms with E-state index in [4.69, 9.17) is 9.47 Å². The maximum atomic E-state index is 12.0. The monoisotopic (exact) mass is 385 g/mol. The molecule has 0 aromatic heterocycles. The lowest BCUT2D eigenvalue weighted by Gasteiger charge is -2.25. The molecular formula is C22H31N3O3. The Morgan fingerprint density at radius 3 is 2.39 bits per heavy atom. The molecule has 2 amide bonds. The van der Waals surface area contributed by atoms with E-state index in [0.717, 1.165) is 25.1 Å². The van der Waals surface area contributed by atoms with Gasteiger partial charge >= 0.3 is 6.03 Å². The molecule has 28 heavy (non-hydrogen) atoms. The van der Waals surface area contributed by atoms with Gasteiger partial charge in [0.15, 0.2) is 11.5 Å². The summed E-state index contributed by atoms with van der Waals surface area (Å²) in [5.74, 6) is 1.39. The minimum Gasteiger partial charge on any atom is -0.493 e. The number of carbonyl (C=O) groups excluding carboxylic acids is 1. The van der Waals surface area contributed by atoms with Gasteiger partial charge in [-0.2, -0.15) is 0 Å². The van der Waals surface area contributed by atoms with Crippen LogP contribution in [-0.2, 0) is 6.42 Å². The van der Waals surface area contributed by atoms with Crippen LogP contribution in [0.25, 0.3) is 0 Å². The normalized spacial score (nSPS) is 10.3. The topological polar surface area (TPSA) is 62.8 Å². The highest BCUT2D eigenvalue weighted by molar-refractivity contribution is 5.73. The SMILES string of the molecule is CCN(CCNC(=O)NCCc1ccc(OC)c(OC)c1)c1ccccc1C. The first-order chi connectivity index (χ1) is 13.6. The van der Waals surface area contributed by atoms with Gasteiger partial charge in [0.2, 0.25) is 0 Å². The number of hydrogen-bond donors (Lipinski definition) is 2. The van der Waals surface area contributed by atoms with Crippen LogP contribution in [0.4, 0.5) is 10.5 Å². The molecule has 6 heteroatoms. The van der Waals surface area contributed by atoms with Gasteiger partial charge in [-0.3, -0.25) is 0 Å². The lowest BCUT2D eigenvalue weighted by Crippen LogP contribution is -2.41. The molecule has 0 atom stereocenters. The molecule has 2 aromatic carbocycles. The maximum Gasteiger partial charge on any atom is 0.314 e. The van der Waals surface area contributed by atoms with E-state index in [0.29, 0.717) is 24.6 Å². The van der Waals surface area contributed by atoms with Crippen molar-refractivity contribution in [3.63, 3.8) is 0 Å². The zero-order valence-corrected chi connectivity index (χ0v) is 17.2. The predicted molar refractivity (Wildman–Crippen MR) is 114 cm³/mol. The Hall–Kier alpha value is -2.89.